The molecular formula is C26H36N4O5. The van der Waals surface area contributed by atoms with Gasteiger partial charge < -0.3 is 14.2 Å². The van der Waals surface area contributed by atoms with E-state index in [2.05, 4.69) is 10.2 Å². The fourth-order valence-corrected chi connectivity index (χ4v) is 6.41. The molecule has 2 unspecified atom stereocenters. The Hall–Kier alpha value is -2.58. The number of carbonyl (C=O) groups excluding carboxylic acids is 4. The van der Waals surface area contributed by atoms with Gasteiger partial charge in [-0.15, -0.1) is 10.2 Å². The van der Waals surface area contributed by atoms with Gasteiger partial charge >= 0.3 is 0 Å². The van der Waals surface area contributed by atoms with Crippen molar-refractivity contribution in [1.29, 1.82) is 0 Å². The molecule has 4 aliphatic rings. The molecule has 2 saturated carbocycles. The number of amides is 2. The van der Waals surface area contributed by atoms with Crippen LogP contribution in [0, 0.1) is 11.8 Å². The van der Waals surface area contributed by atoms with Crippen molar-refractivity contribution in [3.63, 3.8) is 0 Å². The summed E-state index contributed by atoms with van der Waals surface area (Å²) in [5.74, 6) is -1.15. The molecule has 1 aromatic heterocycles. The van der Waals surface area contributed by atoms with Crippen LogP contribution in [0.2, 0.25) is 0 Å². The number of nitrogens with zero attached hydrogens (tertiary/aromatic N) is 4. The van der Waals surface area contributed by atoms with Crippen LogP contribution < -0.4 is 0 Å². The summed E-state index contributed by atoms with van der Waals surface area (Å²) in [5, 5.41) is 8.46. The minimum atomic E-state index is -0.435. The zero-order valence-corrected chi connectivity index (χ0v) is 20.5. The Balaban J connectivity index is 1.27. The smallest absolute Gasteiger partial charge is 0.290 e. The van der Waals surface area contributed by atoms with Crippen LogP contribution in [0.25, 0.3) is 0 Å². The van der Waals surface area contributed by atoms with E-state index in [0.29, 0.717) is 37.7 Å². The molecule has 5 rings (SSSR count). The maximum Gasteiger partial charge on any atom is 0.290 e. The van der Waals surface area contributed by atoms with Crippen LogP contribution in [0.4, 0.5) is 0 Å². The number of hydrogen-bond acceptors (Lipinski definition) is 7. The predicted molar refractivity (Wildman–Crippen MR) is 125 cm³/mol. The molecule has 3 heterocycles. The Kier molecular flexibility index (Phi) is 7.29. The van der Waals surface area contributed by atoms with E-state index < -0.39 is 23.9 Å². The highest BCUT2D eigenvalue weighted by Crippen LogP contribution is 2.37. The average molecular weight is 485 g/mol. The zero-order valence-electron chi connectivity index (χ0n) is 20.5. The number of Topliss-reactive ketones (excluding diaryl/α,β-unsaturated/α-hetero) is 2. The molecule has 2 saturated heterocycles. The molecule has 2 aliphatic carbocycles. The van der Waals surface area contributed by atoms with E-state index in [1.807, 2.05) is 0 Å². The number of hydrogen-bond donors (Lipinski definition) is 0. The first-order valence-electron chi connectivity index (χ1n) is 13.6. The molecule has 2 atom stereocenters. The van der Waals surface area contributed by atoms with Crippen LogP contribution in [0.1, 0.15) is 114 Å². The van der Waals surface area contributed by atoms with Crippen LogP contribution in [0.3, 0.4) is 0 Å². The van der Waals surface area contributed by atoms with E-state index in [0.717, 1.165) is 77.0 Å². The summed E-state index contributed by atoms with van der Waals surface area (Å²) in [6.07, 6.45) is 12.3. The molecule has 0 spiro atoms. The Morgan fingerprint density at radius 3 is 1.37 bits per heavy atom. The number of ketones is 2. The maximum absolute atomic E-state index is 13.1. The highest BCUT2D eigenvalue weighted by Gasteiger charge is 2.42. The summed E-state index contributed by atoms with van der Waals surface area (Å²) in [7, 11) is 0. The van der Waals surface area contributed by atoms with E-state index in [9.17, 15) is 19.2 Å². The summed E-state index contributed by atoms with van der Waals surface area (Å²) in [6, 6.07) is -0.823. The van der Waals surface area contributed by atoms with Crippen molar-refractivity contribution in [3.05, 3.63) is 11.8 Å². The van der Waals surface area contributed by atoms with Crippen molar-refractivity contribution < 1.29 is 23.6 Å². The third-order valence-corrected chi connectivity index (χ3v) is 8.43. The van der Waals surface area contributed by atoms with Gasteiger partial charge in [0.2, 0.25) is 23.3 Å². The third-order valence-electron chi connectivity index (χ3n) is 8.43. The minimum Gasteiger partial charge on any atom is -0.421 e. The second-order valence-corrected chi connectivity index (χ2v) is 10.7. The van der Waals surface area contributed by atoms with Crippen LogP contribution in [-0.4, -0.2) is 56.5 Å². The van der Waals surface area contributed by atoms with Crippen molar-refractivity contribution in [1.82, 2.24) is 20.0 Å². The standard InChI is InChI=1S/C26H36N4O5/c31-21(17-9-3-1-4-10-17)25(33)29-15-7-13-19(29)23-27-28-24(35-23)20-14-8-16-30(20)26(34)22(32)18-11-5-2-6-12-18/h17-20H,1-16H2. The zero-order chi connectivity index (χ0) is 24.4. The van der Waals surface area contributed by atoms with Crippen LogP contribution >= 0.6 is 0 Å². The van der Waals surface area contributed by atoms with Crippen molar-refractivity contribution >= 4 is 23.4 Å². The molecule has 35 heavy (non-hydrogen) atoms. The molecule has 0 aromatic carbocycles. The first kappa shape index (κ1) is 24.1. The molecule has 9 nitrogen and oxygen atoms in total. The average Bonchev–Trinajstić information content (AvgIpc) is 3.68. The normalized spacial score (nSPS) is 26.3. The van der Waals surface area contributed by atoms with Gasteiger partial charge in [-0.25, -0.2) is 0 Å². The Bertz CT molecular complexity index is 888. The molecular weight excluding hydrogens is 448 g/mol. The molecule has 0 bridgehead atoms. The second-order valence-electron chi connectivity index (χ2n) is 10.7. The Morgan fingerprint density at radius 1 is 0.571 bits per heavy atom. The molecule has 0 radical (unpaired) electrons. The largest absolute Gasteiger partial charge is 0.421 e. The maximum atomic E-state index is 13.1. The van der Waals surface area contributed by atoms with Gasteiger partial charge in [-0.1, -0.05) is 38.5 Å². The summed E-state index contributed by atoms with van der Waals surface area (Å²) < 4.78 is 6.03. The topological polar surface area (TPSA) is 114 Å². The van der Waals surface area contributed by atoms with Gasteiger partial charge in [0.25, 0.3) is 11.8 Å². The summed E-state index contributed by atoms with van der Waals surface area (Å²) in [4.78, 5) is 55.0. The lowest BCUT2D eigenvalue weighted by Gasteiger charge is -2.26. The number of aromatic nitrogens is 2. The first-order chi connectivity index (χ1) is 17.0. The van der Waals surface area contributed by atoms with Crippen LogP contribution in [-0.2, 0) is 19.2 Å². The summed E-state index contributed by atoms with van der Waals surface area (Å²) in [5.41, 5.74) is 0. The predicted octanol–water partition coefficient (Wildman–Crippen LogP) is 3.70. The quantitative estimate of drug-likeness (QED) is 0.566. The Morgan fingerprint density at radius 2 is 0.971 bits per heavy atom. The monoisotopic (exact) mass is 484 g/mol. The van der Waals surface area contributed by atoms with Gasteiger partial charge in [-0.05, 0) is 51.4 Å². The Labute approximate surface area is 206 Å². The van der Waals surface area contributed by atoms with Gasteiger partial charge in [0.15, 0.2) is 0 Å². The molecule has 2 aliphatic heterocycles. The fraction of sp³-hybridized carbons (Fsp3) is 0.769. The fourth-order valence-electron chi connectivity index (χ4n) is 6.41. The highest BCUT2D eigenvalue weighted by atomic mass is 16.4. The summed E-state index contributed by atoms with van der Waals surface area (Å²) >= 11 is 0. The second kappa shape index (κ2) is 10.6. The van der Waals surface area contributed by atoms with Crippen molar-refractivity contribution in [3.8, 4) is 0 Å². The van der Waals surface area contributed by atoms with E-state index in [1.165, 1.54) is 0 Å². The first-order valence-corrected chi connectivity index (χ1v) is 13.6. The van der Waals surface area contributed by atoms with Gasteiger partial charge in [0.05, 0.1) is 0 Å². The van der Waals surface area contributed by atoms with E-state index in [4.69, 9.17) is 4.42 Å². The molecule has 1 aromatic rings. The van der Waals surface area contributed by atoms with Crippen LogP contribution in [0.5, 0.6) is 0 Å². The SMILES string of the molecule is O=C(C(=O)N1CCCC1c1nnc(C2CCCN2C(=O)C(=O)C2CCCCC2)o1)C1CCCCC1. The molecule has 4 fully saturated rings. The number of likely N-dealkylation sites (tertiary alicyclic amines) is 2. The van der Waals surface area contributed by atoms with E-state index in [-0.39, 0.29) is 23.4 Å². The lowest BCUT2D eigenvalue weighted by atomic mass is 9.86. The van der Waals surface area contributed by atoms with Crippen molar-refractivity contribution in [2.45, 2.75) is 102 Å². The molecule has 9 heteroatoms. The third kappa shape index (κ3) is 4.91. The minimum absolute atomic E-state index is 0.171. The van der Waals surface area contributed by atoms with Gasteiger partial charge in [0, 0.05) is 24.9 Å². The lowest BCUT2D eigenvalue weighted by molar-refractivity contribution is -0.148. The van der Waals surface area contributed by atoms with E-state index in [1.54, 1.807) is 9.80 Å². The number of carbonyl (C=O) groups is 4. The van der Waals surface area contributed by atoms with Crippen LogP contribution in [0.15, 0.2) is 4.42 Å². The molecule has 0 N–H and O–H groups in total. The molecule has 190 valence electrons. The van der Waals surface area contributed by atoms with Gasteiger partial charge in [0.1, 0.15) is 12.1 Å². The van der Waals surface area contributed by atoms with Gasteiger partial charge in [-0.3, -0.25) is 19.2 Å². The van der Waals surface area contributed by atoms with E-state index >= 15 is 0 Å². The van der Waals surface area contributed by atoms with Crippen molar-refractivity contribution in [2.24, 2.45) is 11.8 Å². The number of rotatable bonds is 6. The van der Waals surface area contributed by atoms with Gasteiger partial charge in [-0.2, -0.15) is 0 Å². The van der Waals surface area contributed by atoms with Crippen molar-refractivity contribution in [2.75, 3.05) is 13.1 Å². The molecule has 2 amide bonds. The summed E-state index contributed by atoms with van der Waals surface area (Å²) in [6.45, 7) is 1.01. The lowest BCUT2D eigenvalue weighted by Crippen LogP contribution is -2.40. The highest BCUT2D eigenvalue weighted by molar-refractivity contribution is 6.37.